The van der Waals surface area contributed by atoms with Crippen LogP contribution in [0.15, 0.2) is 74.9 Å². The van der Waals surface area contributed by atoms with Crippen molar-refractivity contribution in [2.45, 2.75) is 24.5 Å². The standard InChI is InChI=1S/C21H17FN2O3S/c1-14-19(10-11-25-14)20-23-24-21(27-20)28-13-16-4-8-18(9-5-16)26-12-15-2-6-17(22)7-3-15/h2-11H,12-13H2,1H3. The lowest BCUT2D eigenvalue weighted by Crippen LogP contribution is -1.95. The Kier molecular flexibility index (Phi) is 5.43. The average Bonchev–Trinajstić information content (AvgIpc) is 3.35. The monoisotopic (exact) mass is 396 g/mol. The van der Waals surface area contributed by atoms with Crippen LogP contribution in [0, 0.1) is 12.7 Å². The summed E-state index contributed by atoms with van der Waals surface area (Å²) in [5.74, 6) is 2.41. The molecule has 142 valence electrons. The molecule has 0 amide bonds. The van der Waals surface area contributed by atoms with Gasteiger partial charge in [0.05, 0.1) is 11.8 Å². The number of furan rings is 1. The number of thioether (sulfide) groups is 1. The summed E-state index contributed by atoms with van der Waals surface area (Å²) < 4.78 is 29.6. The molecule has 4 rings (SSSR count). The fraction of sp³-hybridized carbons (Fsp3) is 0.143. The Balaban J connectivity index is 1.30. The van der Waals surface area contributed by atoms with Crippen molar-refractivity contribution in [3.05, 3.63) is 83.6 Å². The smallest absolute Gasteiger partial charge is 0.277 e. The van der Waals surface area contributed by atoms with Crippen LogP contribution in [0.1, 0.15) is 16.9 Å². The molecule has 0 atom stereocenters. The minimum absolute atomic E-state index is 0.251. The number of nitrogens with zero attached hydrogens (tertiary/aromatic N) is 2. The number of aromatic nitrogens is 2. The number of benzene rings is 2. The number of halogens is 1. The summed E-state index contributed by atoms with van der Waals surface area (Å²) in [4.78, 5) is 0. The Labute approximate surface area is 165 Å². The first kappa shape index (κ1) is 18.3. The van der Waals surface area contributed by atoms with Gasteiger partial charge in [0, 0.05) is 5.75 Å². The van der Waals surface area contributed by atoms with Gasteiger partial charge in [0.2, 0.25) is 0 Å². The highest BCUT2D eigenvalue weighted by Crippen LogP contribution is 2.28. The minimum Gasteiger partial charge on any atom is -0.489 e. The topological polar surface area (TPSA) is 61.3 Å². The molecule has 2 aromatic carbocycles. The van der Waals surface area contributed by atoms with Crippen LogP contribution >= 0.6 is 11.8 Å². The van der Waals surface area contributed by atoms with E-state index in [-0.39, 0.29) is 5.82 Å². The van der Waals surface area contributed by atoms with Gasteiger partial charge in [0.1, 0.15) is 23.9 Å². The maximum absolute atomic E-state index is 12.9. The summed E-state index contributed by atoms with van der Waals surface area (Å²) in [6.07, 6.45) is 1.60. The van der Waals surface area contributed by atoms with Gasteiger partial charge in [-0.05, 0) is 48.4 Å². The largest absolute Gasteiger partial charge is 0.489 e. The number of hydrogen-bond acceptors (Lipinski definition) is 6. The highest BCUT2D eigenvalue weighted by atomic mass is 32.2. The molecule has 28 heavy (non-hydrogen) atoms. The third-order valence-electron chi connectivity index (χ3n) is 4.10. The van der Waals surface area contributed by atoms with Crippen LogP contribution in [0.2, 0.25) is 0 Å². The lowest BCUT2D eigenvalue weighted by Gasteiger charge is -2.07. The van der Waals surface area contributed by atoms with Crippen molar-refractivity contribution < 1.29 is 18.0 Å². The molecule has 0 saturated heterocycles. The molecule has 0 aliphatic heterocycles. The number of rotatable bonds is 7. The van der Waals surface area contributed by atoms with Gasteiger partial charge < -0.3 is 13.6 Å². The first-order valence-corrected chi connectivity index (χ1v) is 9.63. The normalized spacial score (nSPS) is 10.9. The van der Waals surface area contributed by atoms with Crippen LogP contribution in [0.5, 0.6) is 5.75 Å². The van der Waals surface area contributed by atoms with Crippen molar-refractivity contribution in [3.63, 3.8) is 0 Å². The zero-order valence-electron chi connectivity index (χ0n) is 15.1. The van der Waals surface area contributed by atoms with Crippen LogP contribution in [0.25, 0.3) is 11.5 Å². The summed E-state index contributed by atoms with van der Waals surface area (Å²) in [7, 11) is 0. The van der Waals surface area contributed by atoms with Crippen LogP contribution in [-0.2, 0) is 12.4 Å². The molecule has 0 unspecified atom stereocenters. The van der Waals surface area contributed by atoms with Crippen molar-refractivity contribution in [3.8, 4) is 17.2 Å². The molecule has 0 bridgehead atoms. The second-order valence-corrected chi connectivity index (χ2v) is 7.04. The van der Waals surface area contributed by atoms with Crippen molar-refractivity contribution >= 4 is 11.8 Å². The molecule has 4 aromatic rings. The molecular formula is C21H17FN2O3S. The van der Waals surface area contributed by atoms with Gasteiger partial charge >= 0.3 is 0 Å². The third kappa shape index (κ3) is 4.43. The molecule has 2 heterocycles. The van der Waals surface area contributed by atoms with E-state index < -0.39 is 0 Å². The fourth-order valence-corrected chi connectivity index (χ4v) is 3.28. The lowest BCUT2D eigenvalue weighted by molar-refractivity contribution is 0.306. The third-order valence-corrected chi connectivity index (χ3v) is 4.99. The second kappa shape index (κ2) is 8.31. The number of ether oxygens (including phenoxy) is 1. The van der Waals surface area contributed by atoms with E-state index in [1.807, 2.05) is 37.3 Å². The maximum atomic E-state index is 12.9. The van der Waals surface area contributed by atoms with Crippen molar-refractivity contribution in [2.24, 2.45) is 0 Å². The maximum Gasteiger partial charge on any atom is 0.277 e. The van der Waals surface area contributed by atoms with Gasteiger partial charge in [-0.2, -0.15) is 0 Å². The van der Waals surface area contributed by atoms with Crippen molar-refractivity contribution in [1.29, 1.82) is 0 Å². The van der Waals surface area contributed by atoms with E-state index in [0.717, 1.165) is 28.2 Å². The van der Waals surface area contributed by atoms with Gasteiger partial charge in [-0.25, -0.2) is 4.39 Å². The van der Waals surface area contributed by atoms with Crippen molar-refractivity contribution in [1.82, 2.24) is 10.2 Å². The van der Waals surface area contributed by atoms with E-state index in [2.05, 4.69) is 10.2 Å². The molecular weight excluding hydrogens is 379 g/mol. The highest BCUT2D eigenvalue weighted by molar-refractivity contribution is 7.98. The number of aryl methyl sites for hydroxylation is 1. The summed E-state index contributed by atoms with van der Waals surface area (Å²) in [6.45, 7) is 2.25. The quantitative estimate of drug-likeness (QED) is 0.376. The highest BCUT2D eigenvalue weighted by Gasteiger charge is 2.13. The lowest BCUT2D eigenvalue weighted by atomic mass is 10.2. The summed E-state index contributed by atoms with van der Waals surface area (Å²) in [6, 6.07) is 15.9. The van der Waals surface area contributed by atoms with E-state index in [0.29, 0.717) is 23.5 Å². The second-order valence-electron chi connectivity index (χ2n) is 6.11. The Hall–Kier alpha value is -3.06. The van der Waals surface area contributed by atoms with Crippen LogP contribution in [0.4, 0.5) is 4.39 Å². The Morgan fingerprint density at radius 2 is 1.71 bits per heavy atom. The summed E-state index contributed by atoms with van der Waals surface area (Å²) in [5.41, 5.74) is 2.83. The molecule has 0 aliphatic rings. The van der Waals surface area contributed by atoms with Gasteiger partial charge in [-0.3, -0.25) is 0 Å². The minimum atomic E-state index is -0.251. The average molecular weight is 396 g/mol. The van der Waals surface area contributed by atoms with E-state index >= 15 is 0 Å². The Morgan fingerprint density at radius 3 is 2.43 bits per heavy atom. The molecule has 0 N–H and O–H groups in total. The zero-order valence-corrected chi connectivity index (χ0v) is 15.9. The van der Waals surface area contributed by atoms with E-state index in [9.17, 15) is 4.39 Å². The van der Waals surface area contributed by atoms with E-state index in [1.54, 1.807) is 18.4 Å². The Bertz CT molecular complexity index is 1040. The molecule has 2 aromatic heterocycles. The van der Waals surface area contributed by atoms with Gasteiger partial charge in [0.25, 0.3) is 11.1 Å². The molecule has 5 nitrogen and oxygen atoms in total. The first-order valence-electron chi connectivity index (χ1n) is 8.64. The number of hydrogen-bond donors (Lipinski definition) is 0. The van der Waals surface area contributed by atoms with E-state index in [1.165, 1.54) is 23.9 Å². The predicted octanol–water partition coefficient (Wildman–Crippen LogP) is 5.65. The zero-order chi connectivity index (χ0) is 19.3. The SMILES string of the molecule is Cc1occc1-c1nnc(SCc2ccc(OCc3ccc(F)cc3)cc2)o1. The van der Waals surface area contributed by atoms with Gasteiger partial charge in [-0.1, -0.05) is 36.0 Å². The van der Waals surface area contributed by atoms with Crippen molar-refractivity contribution in [2.75, 3.05) is 0 Å². The van der Waals surface area contributed by atoms with E-state index in [4.69, 9.17) is 13.6 Å². The Morgan fingerprint density at radius 1 is 0.964 bits per heavy atom. The predicted molar refractivity (Wildman–Crippen MR) is 103 cm³/mol. The molecule has 0 radical (unpaired) electrons. The van der Waals surface area contributed by atoms with Crippen LogP contribution in [0.3, 0.4) is 0 Å². The molecule has 0 saturated carbocycles. The van der Waals surface area contributed by atoms with Crippen LogP contribution in [-0.4, -0.2) is 10.2 Å². The molecule has 0 fully saturated rings. The summed E-state index contributed by atoms with van der Waals surface area (Å²) >= 11 is 1.47. The first-order chi connectivity index (χ1) is 13.7. The molecule has 7 heteroatoms. The molecule has 0 spiro atoms. The molecule has 0 aliphatic carbocycles. The van der Waals surface area contributed by atoms with Gasteiger partial charge in [-0.15, -0.1) is 10.2 Å². The van der Waals surface area contributed by atoms with Crippen LogP contribution < -0.4 is 4.74 Å². The van der Waals surface area contributed by atoms with Gasteiger partial charge in [0.15, 0.2) is 0 Å². The summed E-state index contributed by atoms with van der Waals surface area (Å²) in [5, 5.41) is 8.64. The fourth-order valence-electron chi connectivity index (χ4n) is 2.56.